The van der Waals surface area contributed by atoms with Crippen LogP contribution in [0.3, 0.4) is 0 Å². The summed E-state index contributed by atoms with van der Waals surface area (Å²) in [6.45, 7) is 4.95. The number of rotatable bonds is 3. The Labute approximate surface area is 158 Å². The number of thiophene rings is 1. The molecule has 136 valence electrons. The van der Waals surface area contributed by atoms with Crippen LogP contribution >= 0.6 is 11.3 Å². The summed E-state index contributed by atoms with van der Waals surface area (Å²) in [6.07, 6.45) is 0. The summed E-state index contributed by atoms with van der Waals surface area (Å²) in [5.74, 6) is 5.45. The molecule has 0 aliphatic carbocycles. The first-order valence-electron chi connectivity index (χ1n) is 8.55. The van der Waals surface area contributed by atoms with Gasteiger partial charge < -0.3 is 10.2 Å². The smallest absolute Gasteiger partial charge is 0.298 e. The highest BCUT2D eigenvalue weighted by molar-refractivity contribution is 7.20. The number of hydrogen-bond acceptors (Lipinski definition) is 4. The number of carbonyl (C=O) groups is 2. The third-order valence-corrected chi connectivity index (χ3v) is 5.86. The van der Waals surface area contributed by atoms with Crippen LogP contribution in [0.1, 0.15) is 23.5 Å². The first kappa shape index (κ1) is 18.4. The third kappa shape index (κ3) is 3.90. The number of benzene rings is 1. The number of hydrogen-bond donors (Lipinski definition) is 1. The summed E-state index contributed by atoms with van der Waals surface area (Å²) in [5, 5.41) is 4.07. The van der Waals surface area contributed by atoms with Crippen LogP contribution in [0.2, 0.25) is 0 Å². The van der Waals surface area contributed by atoms with Crippen molar-refractivity contribution in [1.29, 1.82) is 0 Å². The van der Waals surface area contributed by atoms with Crippen molar-refractivity contribution in [3.8, 4) is 11.8 Å². The third-order valence-electron chi connectivity index (χ3n) is 4.75. The first-order valence-corrected chi connectivity index (χ1v) is 9.37. The van der Waals surface area contributed by atoms with Gasteiger partial charge in [0.25, 0.3) is 11.8 Å². The quantitative estimate of drug-likeness (QED) is 0.844. The maximum absolute atomic E-state index is 12.4. The van der Waals surface area contributed by atoms with Crippen molar-refractivity contribution in [2.75, 3.05) is 27.2 Å². The highest BCUT2D eigenvalue weighted by Gasteiger charge is 2.31. The van der Waals surface area contributed by atoms with Crippen molar-refractivity contribution in [3.63, 3.8) is 0 Å². The molecule has 2 amide bonds. The number of nitrogens with zero attached hydrogens (tertiary/aromatic N) is 2. The van der Waals surface area contributed by atoms with Crippen LogP contribution < -0.4 is 5.32 Å². The summed E-state index contributed by atoms with van der Waals surface area (Å²) in [5.41, 5.74) is -0.352. The van der Waals surface area contributed by atoms with Gasteiger partial charge in [0.2, 0.25) is 0 Å². The van der Waals surface area contributed by atoms with Crippen LogP contribution in [-0.2, 0) is 4.79 Å². The van der Waals surface area contributed by atoms with Gasteiger partial charge in [-0.1, -0.05) is 24.1 Å². The van der Waals surface area contributed by atoms with E-state index in [4.69, 9.17) is 0 Å². The van der Waals surface area contributed by atoms with Gasteiger partial charge in [-0.15, -0.1) is 11.3 Å². The second kappa shape index (κ2) is 7.10. The second-order valence-corrected chi connectivity index (χ2v) is 8.32. The molecule has 1 N–H and O–H groups in total. The molecular formula is C20H23N3O2S. The molecule has 5 nitrogen and oxygen atoms in total. The predicted molar refractivity (Wildman–Crippen MR) is 105 cm³/mol. The Balaban J connectivity index is 1.53. The van der Waals surface area contributed by atoms with Crippen LogP contribution in [0.4, 0.5) is 0 Å². The van der Waals surface area contributed by atoms with Crippen molar-refractivity contribution in [2.24, 2.45) is 0 Å². The van der Waals surface area contributed by atoms with Crippen LogP contribution in [0, 0.1) is 11.8 Å². The van der Waals surface area contributed by atoms with E-state index in [1.54, 1.807) is 4.90 Å². The molecule has 0 unspecified atom stereocenters. The first-order chi connectivity index (χ1) is 12.3. The maximum atomic E-state index is 12.4. The van der Waals surface area contributed by atoms with E-state index in [0.717, 1.165) is 10.1 Å². The summed E-state index contributed by atoms with van der Waals surface area (Å²) >= 11 is 1.48. The van der Waals surface area contributed by atoms with Crippen LogP contribution in [0.25, 0.3) is 10.1 Å². The molecular weight excluding hydrogens is 346 g/mol. The lowest BCUT2D eigenvalue weighted by Crippen LogP contribution is -2.60. The molecule has 1 aromatic carbocycles. The van der Waals surface area contributed by atoms with Crippen LogP contribution in [0.15, 0.2) is 30.3 Å². The van der Waals surface area contributed by atoms with Gasteiger partial charge in [-0.05, 0) is 51.4 Å². The van der Waals surface area contributed by atoms with E-state index in [0.29, 0.717) is 18.0 Å². The molecule has 1 saturated heterocycles. The van der Waals surface area contributed by atoms with E-state index >= 15 is 0 Å². The number of fused-ring (bicyclic) bond motifs is 1. The Hall–Kier alpha value is -2.36. The fraction of sp³-hybridized carbons (Fsp3) is 0.400. The lowest BCUT2D eigenvalue weighted by Gasteiger charge is -2.38. The molecule has 0 bridgehead atoms. The Morgan fingerprint density at radius 3 is 2.62 bits per heavy atom. The van der Waals surface area contributed by atoms with Crippen LogP contribution in [-0.4, -0.2) is 60.4 Å². The topological polar surface area (TPSA) is 52.7 Å². The van der Waals surface area contributed by atoms with E-state index in [1.165, 1.54) is 11.3 Å². The minimum absolute atomic E-state index is 0.0136. The minimum Gasteiger partial charge on any atom is -0.345 e. The standard InChI is InChI=1S/C20H23N3O2S/c1-20(2,22(3)4)10-9-18(24)23-12-15(13-23)21-19(25)17-11-14-7-5-6-8-16(14)26-17/h5-8,11,15H,12-13H2,1-4H3,(H,21,25). The Morgan fingerprint density at radius 1 is 1.27 bits per heavy atom. The summed E-state index contributed by atoms with van der Waals surface area (Å²) < 4.78 is 1.10. The molecule has 2 aromatic rings. The lowest BCUT2D eigenvalue weighted by molar-refractivity contribution is -0.129. The SMILES string of the molecule is CN(C)C(C)(C)C#CC(=O)N1CC(NC(=O)c2cc3ccccc3s2)C1. The van der Waals surface area contributed by atoms with Gasteiger partial charge in [0.1, 0.15) is 0 Å². The van der Waals surface area contributed by atoms with E-state index in [2.05, 4.69) is 17.2 Å². The predicted octanol–water partition coefficient (Wildman–Crippen LogP) is 2.19. The largest absolute Gasteiger partial charge is 0.345 e. The Kier molecular flexibility index (Phi) is 5.03. The molecule has 1 fully saturated rings. The molecule has 1 aliphatic rings. The molecule has 0 atom stereocenters. The van der Waals surface area contributed by atoms with Gasteiger partial charge in [-0.3, -0.25) is 14.5 Å². The minimum atomic E-state index is -0.352. The molecule has 1 aromatic heterocycles. The van der Waals surface area contributed by atoms with Crippen molar-refractivity contribution in [2.45, 2.75) is 25.4 Å². The maximum Gasteiger partial charge on any atom is 0.298 e. The fourth-order valence-corrected chi connectivity index (χ4v) is 3.45. The molecule has 0 saturated carbocycles. The number of likely N-dealkylation sites (tertiary alicyclic amines) is 1. The average molecular weight is 369 g/mol. The molecule has 2 heterocycles. The van der Waals surface area contributed by atoms with E-state index < -0.39 is 0 Å². The van der Waals surface area contributed by atoms with Gasteiger partial charge in [-0.25, -0.2) is 0 Å². The Bertz CT molecular complexity index is 865. The lowest BCUT2D eigenvalue weighted by atomic mass is 10.0. The monoisotopic (exact) mass is 369 g/mol. The molecule has 3 rings (SSSR count). The fourth-order valence-electron chi connectivity index (χ4n) is 2.48. The Morgan fingerprint density at radius 2 is 1.96 bits per heavy atom. The van der Waals surface area contributed by atoms with E-state index in [1.807, 2.05) is 63.2 Å². The normalized spacial score (nSPS) is 14.7. The van der Waals surface area contributed by atoms with Gasteiger partial charge in [-0.2, -0.15) is 0 Å². The van der Waals surface area contributed by atoms with Crippen molar-refractivity contribution < 1.29 is 9.59 Å². The summed E-state index contributed by atoms with van der Waals surface area (Å²) in [4.78, 5) is 28.9. The highest BCUT2D eigenvalue weighted by atomic mass is 32.1. The molecule has 0 spiro atoms. The highest BCUT2D eigenvalue weighted by Crippen LogP contribution is 2.25. The summed E-state index contributed by atoms with van der Waals surface area (Å²) in [7, 11) is 3.87. The van der Waals surface area contributed by atoms with Gasteiger partial charge in [0.05, 0.1) is 16.5 Å². The van der Waals surface area contributed by atoms with E-state index in [9.17, 15) is 9.59 Å². The van der Waals surface area contributed by atoms with Crippen molar-refractivity contribution in [3.05, 3.63) is 35.2 Å². The molecule has 26 heavy (non-hydrogen) atoms. The summed E-state index contributed by atoms with van der Waals surface area (Å²) in [6, 6.07) is 9.83. The average Bonchev–Trinajstić information content (AvgIpc) is 2.99. The van der Waals surface area contributed by atoms with E-state index in [-0.39, 0.29) is 23.4 Å². The number of amides is 2. The van der Waals surface area contributed by atoms with Crippen LogP contribution in [0.5, 0.6) is 0 Å². The number of carbonyl (C=O) groups excluding carboxylic acids is 2. The number of nitrogens with one attached hydrogen (secondary N) is 1. The van der Waals surface area contributed by atoms with Crippen molar-refractivity contribution >= 4 is 33.2 Å². The zero-order valence-corrected chi connectivity index (χ0v) is 16.3. The van der Waals surface area contributed by atoms with Gasteiger partial charge in [0.15, 0.2) is 0 Å². The molecule has 1 aliphatic heterocycles. The molecule has 6 heteroatoms. The van der Waals surface area contributed by atoms with Crippen molar-refractivity contribution in [1.82, 2.24) is 15.1 Å². The van der Waals surface area contributed by atoms with Gasteiger partial charge in [0, 0.05) is 17.8 Å². The zero-order valence-electron chi connectivity index (χ0n) is 15.5. The second-order valence-electron chi connectivity index (χ2n) is 7.23. The van der Waals surface area contributed by atoms with Gasteiger partial charge >= 0.3 is 0 Å². The zero-order chi connectivity index (χ0) is 18.9. The molecule has 0 radical (unpaired) electrons.